The van der Waals surface area contributed by atoms with Gasteiger partial charge in [-0.1, -0.05) is 0 Å². The number of carbonyl (C=O) groups is 3. The summed E-state index contributed by atoms with van der Waals surface area (Å²) in [6, 6.07) is 1.17. The van der Waals surface area contributed by atoms with Gasteiger partial charge < -0.3 is 15.2 Å². The van der Waals surface area contributed by atoms with Crippen LogP contribution in [0, 0.1) is 5.92 Å². The van der Waals surface area contributed by atoms with Crippen LogP contribution in [-0.4, -0.2) is 35.7 Å². The maximum atomic E-state index is 12.0. The number of anilines is 1. The second-order valence-corrected chi connectivity index (χ2v) is 6.29. The first kappa shape index (κ1) is 17.3. The number of esters is 1. The van der Waals surface area contributed by atoms with E-state index >= 15 is 0 Å². The topological polar surface area (TPSA) is 105 Å². The van der Waals surface area contributed by atoms with Crippen molar-refractivity contribution in [2.45, 2.75) is 38.6 Å². The number of nitrogens with one attached hydrogen (secondary N) is 2. The number of rotatable bonds is 5. The molecule has 8 heteroatoms. The first-order chi connectivity index (χ1) is 11.0. The Kier molecular flexibility index (Phi) is 5.97. The third kappa shape index (κ3) is 4.69. The van der Waals surface area contributed by atoms with Crippen LogP contribution in [0.4, 0.5) is 9.80 Å². The van der Waals surface area contributed by atoms with E-state index in [4.69, 9.17) is 9.84 Å². The predicted molar refractivity (Wildman–Crippen MR) is 85.8 cm³/mol. The van der Waals surface area contributed by atoms with Gasteiger partial charge in [0.25, 0.3) is 0 Å². The number of ether oxygens (including phenoxy) is 1. The molecule has 1 aromatic heterocycles. The van der Waals surface area contributed by atoms with Crippen molar-refractivity contribution in [1.29, 1.82) is 0 Å². The molecule has 126 valence electrons. The van der Waals surface area contributed by atoms with Crippen LogP contribution in [0.15, 0.2) is 11.4 Å². The number of carbonyl (C=O) groups excluding carboxylic acids is 2. The smallest absolute Gasteiger partial charge is 0.341 e. The van der Waals surface area contributed by atoms with Crippen LogP contribution in [0.25, 0.3) is 0 Å². The molecule has 0 unspecified atom stereocenters. The molecular weight excluding hydrogens is 320 g/mol. The van der Waals surface area contributed by atoms with Gasteiger partial charge in [-0.25, -0.2) is 9.59 Å². The Balaban J connectivity index is 1.85. The van der Waals surface area contributed by atoms with Gasteiger partial charge in [-0.2, -0.15) is 0 Å². The number of aliphatic carboxylic acids is 1. The lowest BCUT2D eigenvalue weighted by Gasteiger charge is -2.26. The summed E-state index contributed by atoms with van der Waals surface area (Å²) in [5, 5.41) is 16.6. The quantitative estimate of drug-likeness (QED) is 0.715. The first-order valence-corrected chi connectivity index (χ1v) is 8.44. The molecule has 1 heterocycles. The molecule has 0 aromatic carbocycles. The van der Waals surface area contributed by atoms with E-state index < -0.39 is 18.0 Å². The van der Waals surface area contributed by atoms with Gasteiger partial charge in [0, 0.05) is 6.04 Å². The molecule has 0 radical (unpaired) electrons. The molecular formula is C15H20N2O5S. The van der Waals surface area contributed by atoms with Crippen molar-refractivity contribution in [2.24, 2.45) is 5.92 Å². The molecule has 0 bridgehead atoms. The summed E-state index contributed by atoms with van der Waals surface area (Å²) in [6.07, 6.45) is 2.40. The lowest BCUT2D eigenvalue weighted by atomic mass is 9.86. The average molecular weight is 340 g/mol. The Morgan fingerprint density at radius 3 is 2.61 bits per heavy atom. The molecule has 0 atom stereocenters. The van der Waals surface area contributed by atoms with Crippen LogP contribution in [0.5, 0.6) is 0 Å². The first-order valence-electron chi connectivity index (χ1n) is 7.56. The Hall–Kier alpha value is -2.09. The number of thiophene rings is 1. The molecule has 3 N–H and O–H groups in total. The van der Waals surface area contributed by atoms with Crippen molar-refractivity contribution in [3.05, 3.63) is 17.0 Å². The monoisotopic (exact) mass is 340 g/mol. The molecule has 1 aliphatic rings. The molecule has 2 amide bonds. The van der Waals surface area contributed by atoms with Crippen molar-refractivity contribution in [2.75, 3.05) is 11.9 Å². The van der Waals surface area contributed by atoms with Gasteiger partial charge in [0.05, 0.1) is 18.1 Å². The van der Waals surface area contributed by atoms with Crippen LogP contribution in [-0.2, 0) is 9.53 Å². The highest BCUT2D eigenvalue weighted by Crippen LogP contribution is 2.26. The van der Waals surface area contributed by atoms with Crippen molar-refractivity contribution in [3.8, 4) is 0 Å². The summed E-state index contributed by atoms with van der Waals surface area (Å²) < 4.78 is 4.93. The van der Waals surface area contributed by atoms with Crippen LogP contribution in [0.3, 0.4) is 0 Å². The van der Waals surface area contributed by atoms with Crippen molar-refractivity contribution >= 4 is 34.3 Å². The lowest BCUT2D eigenvalue weighted by molar-refractivity contribution is -0.142. The number of hydrogen-bond acceptors (Lipinski definition) is 5. The second-order valence-electron chi connectivity index (χ2n) is 5.37. The zero-order valence-electron chi connectivity index (χ0n) is 12.8. The Bertz CT molecular complexity index is 578. The average Bonchev–Trinajstić information content (AvgIpc) is 2.96. The van der Waals surface area contributed by atoms with Gasteiger partial charge in [-0.15, -0.1) is 11.3 Å². The maximum Gasteiger partial charge on any atom is 0.341 e. The molecule has 2 rings (SSSR count). The van der Waals surface area contributed by atoms with E-state index in [0.717, 1.165) is 0 Å². The van der Waals surface area contributed by atoms with Gasteiger partial charge in [0.15, 0.2) is 0 Å². The molecule has 1 aliphatic carbocycles. The largest absolute Gasteiger partial charge is 0.481 e. The van der Waals surface area contributed by atoms with E-state index in [0.29, 0.717) is 36.2 Å². The fourth-order valence-electron chi connectivity index (χ4n) is 2.58. The fourth-order valence-corrected chi connectivity index (χ4v) is 3.36. The Morgan fingerprint density at radius 1 is 1.30 bits per heavy atom. The highest BCUT2D eigenvalue weighted by atomic mass is 32.1. The normalized spacial score (nSPS) is 20.6. The van der Waals surface area contributed by atoms with E-state index in [-0.39, 0.29) is 18.6 Å². The van der Waals surface area contributed by atoms with Gasteiger partial charge in [0.1, 0.15) is 5.00 Å². The van der Waals surface area contributed by atoms with E-state index in [2.05, 4.69) is 10.6 Å². The van der Waals surface area contributed by atoms with E-state index in [1.807, 2.05) is 0 Å². The van der Waals surface area contributed by atoms with Crippen molar-refractivity contribution in [1.82, 2.24) is 5.32 Å². The van der Waals surface area contributed by atoms with E-state index in [9.17, 15) is 14.4 Å². The zero-order chi connectivity index (χ0) is 16.8. The number of carboxylic acids is 1. The number of amides is 2. The molecule has 1 saturated carbocycles. The maximum absolute atomic E-state index is 12.0. The minimum Gasteiger partial charge on any atom is -0.481 e. The summed E-state index contributed by atoms with van der Waals surface area (Å²) in [5.74, 6) is -1.56. The second kappa shape index (κ2) is 7.96. The fraction of sp³-hybridized carbons (Fsp3) is 0.533. The summed E-state index contributed by atoms with van der Waals surface area (Å²) in [7, 11) is 0. The van der Waals surface area contributed by atoms with Crippen LogP contribution < -0.4 is 10.6 Å². The van der Waals surface area contributed by atoms with Gasteiger partial charge >= 0.3 is 18.0 Å². The molecule has 0 spiro atoms. The number of carboxylic acid groups (broad SMARTS) is 1. The lowest BCUT2D eigenvalue weighted by Crippen LogP contribution is -2.41. The molecule has 1 aromatic rings. The van der Waals surface area contributed by atoms with Crippen LogP contribution >= 0.6 is 11.3 Å². The third-order valence-electron chi connectivity index (χ3n) is 3.80. The minimum absolute atomic E-state index is 0.0448. The number of urea groups is 1. The zero-order valence-corrected chi connectivity index (χ0v) is 13.6. The summed E-state index contributed by atoms with van der Waals surface area (Å²) in [5.41, 5.74) is 0.335. The summed E-state index contributed by atoms with van der Waals surface area (Å²) in [6.45, 7) is 1.99. The number of hydrogen-bond donors (Lipinski definition) is 3. The minimum atomic E-state index is -0.773. The van der Waals surface area contributed by atoms with E-state index in [1.165, 1.54) is 11.3 Å². The highest BCUT2D eigenvalue weighted by Gasteiger charge is 2.27. The Labute approximate surface area is 138 Å². The predicted octanol–water partition coefficient (Wildman–Crippen LogP) is 2.69. The highest BCUT2D eigenvalue weighted by molar-refractivity contribution is 7.14. The standard InChI is InChI=1S/C15H20N2O5S/c1-2-22-14(20)11-7-8-23-12(11)17-15(21)16-10-5-3-9(4-6-10)13(18)19/h7-10H,2-6H2,1H3,(H,18,19)(H2,16,17,21). The van der Waals surface area contributed by atoms with Gasteiger partial charge in [-0.05, 0) is 44.1 Å². The molecule has 23 heavy (non-hydrogen) atoms. The third-order valence-corrected chi connectivity index (χ3v) is 4.63. The molecule has 0 saturated heterocycles. The van der Waals surface area contributed by atoms with Gasteiger partial charge in [-0.3, -0.25) is 10.1 Å². The summed E-state index contributed by atoms with van der Waals surface area (Å²) >= 11 is 1.25. The van der Waals surface area contributed by atoms with E-state index in [1.54, 1.807) is 18.4 Å². The molecule has 1 fully saturated rings. The van der Waals surface area contributed by atoms with Gasteiger partial charge in [0.2, 0.25) is 0 Å². The van der Waals surface area contributed by atoms with Crippen molar-refractivity contribution in [3.63, 3.8) is 0 Å². The van der Waals surface area contributed by atoms with Crippen LogP contribution in [0.1, 0.15) is 43.0 Å². The Morgan fingerprint density at radius 2 is 2.00 bits per heavy atom. The molecule has 7 nitrogen and oxygen atoms in total. The van der Waals surface area contributed by atoms with Crippen molar-refractivity contribution < 1.29 is 24.2 Å². The molecule has 0 aliphatic heterocycles. The summed E-state index contributed by atoms with van der Waals surface area (Å²) in [4.78, 5) is 34.7. The SMILES string of the molecule is CCOC(=O)c1ccsc1NC(=O)NC1CCC(C(=O)O)CC1. The van der Waals surface area contributed by atoms with Crippen LogP contribution in [0.2, 0.25) is 0 Å².